The van der Waals surface area contributed by atoms with E-state index in [-0.39, 0.29) is 15.7 Å². The lowest BCUT2D eigenvalue weighted by Gasteiger charge is -2.08. The highest BCUT2D eigenvalue weighted by molar-refractivity contribution is 7.79. The van der Waals surface area contributed by atoms with Gasteiger partial charge in [-0.1, -0.05) is 29.8 Å². The number of nitrogen functional groups attached to an aromatic ring is 1. The van der Waals surface area contributed by atoms with Gasteiger partial charge in [-0.2, -0.15) is 9.78 Å². The third kappa shape index (κ3) is 2.15. The monoisotopic (exact) mass is 285 g/mol. The molecule has 1 unspecified atom stereocenters. The van der Waals surface area contributed by atoms with E-state index in [0.29, 0.717) is 5.69 Å². The molecular weight excluding hydrogens is 278 g/mol. The molecule has 0 saturated heterocycles. The first-order valence-electron chi connectivity index (χ1n) is 4.77. The zero-order chi connectivity index (χ0) is 13.3. The average molecular weight is 286 g/mol. The van der Waals surface area contributed by atoms with E-state index < -0.39 is 16.6 Å². The van der Waals surface area contributed by atoms with E-state index in [2.05, 4.69) is 5.10 Å². The molecule has 3 N–H and O–H groups in total. The largest absolute Gasteiger partial charge is 0.395 e. The van der Waals surface area contributed by atoms with Crippen molar-refractivity contribution in [3.05, 3.63) is 45.7 Å². The van der Waals surface area contributed by atoms with E-state index >= 15 is 0 Å². The molecule has 0 fully saturated rings. The molecule has 2 rings (SSSR count). The van der Waals surface area contributed by atoms with E-state index in [1.165, 1.54) is 0 Å². The number of benzene rings is 1. The van der Waals surface area contributed by atoms with Crippen LogP contribution < -0.4 is 11.3 Å². The summed E-state index contributed by atoms with van der Waals surface area (Å²) in [6.45, 7) is 0. The molecule has 8 heteroatoms. The minimum atomic E-state index is -2.42. The lowest BCUT2D eigenvalue weighted by Crippen LogP contribution is -2.25. The Labute approximate surface area is 109 Å². The quantitative estimate of drug-likeness (QED) is 0.804. The summed E-state index contributed by atoms with van der Waals surface area (Å²) in [6, 6.07) is 8.39. The molecule has 0 spiro atoms. The number of anilines is 1. The van der Waals surface area contributed by atoms with Crippen molar-refractivity contribution in [3.63, 3.8) is 0 Å². The van der Waals surface area contributed by atoms with Crippen molar-refractivity contribution < 1.29 is 8.76 Å². The van der Waals surface area contributed by atoms with Crippen LogP contribution in [0.15, 0.2) is 40.2 Å². The summed E-state index contributed by atoms with van der Waals surface area (Å²) in [5.74, 6) is 0. The number of para-hydroxylation sites is 1. The summed E-state index contributed by atoms with van der Waals surface area (Å²) in [4.78, 5) is 11.9. The molecular formula is C10H8ClN3O3S. The summed E-state index contributed by atoms with van der Waals surface area (Å²) in [7, 11) is 0. The van der Waals surface area contributed by atoms with E-state index in [1.54, 1.807) is 30.3 Å². The SMILES string of the molecule is Nc1c(S(=O)O)nn(-c2ccccc2)c(=O)c1Cl. The third-order valence-electron chi connectivity index (χ3n) is 2.20. The number of nitrogens with zero attached hydrogens (tertiary/aromatic N) is 2. The Morgan fingerprint density at radius 3 is 2.50 bits per heavy atom. The van der Waals surface area contributed by atoms with Gasteiger partial charge in [0.05, 0.1) is 11.4 Å². The van der Waals surface area contributed by atoms with Crippen LogP contribution in [-0.2, 0) is 11.1 Å². The van der Waals surface area contributed by atoms with Gasteiger partial charge < -0.3 is 10.3 Å². The summed E-state index contributed by atoms with van der Waals surface area (Å²) < 4.78 is 21.0. The standard InChI is InChI=1S/C10H8ClN3O3S/c11-7-8(12)9(18(16)17)13-14(10(7)15)6-4-2-1-3-5-6/h1-5H,12H2,(H,16,17). The van der Waals surface area contributed by atoms with Gasteiger partial charge in [0.15, 0.2) is 5.03 Å². The molecule has 0 bridgehead atoms. The molecule has 1 atom stereocenters. The van der Waals surface area contributed by atoms with Gasteiger partial charge in [0.1, 0.15) is 5.02 Å². The predicted molar refractivity (Wildman–Crippen MR) is 68.3 cm³/mol. The minimum Gasteiger partial charge on any atom is -0.395 e. The fourth-order valence-electron chi connectivity index (χ4n) is 1.37. The van der Waals surface area contributed by atoms with Crippen LogP contribution in [0.5, 0.6) is 0 Å². The zero-order valence-corrected chi connectivity index (χ0v) is 10.5. The maximum absolute atomic E-state index is 11.9. The maximum Gasteiger partial charge on any atom is 0.292 e. The van der Waals surface area contributed by atoms with Gasteiger partial charge in [-0.05, 0) is 12.1 Å². The summed E-state index contributed by atoms with van der Waals surface area (Å²) in [5, 5.41) is 3.08. The van der Waals surface area contributed by atoms with Crippen molar-refractivity contribution in [1.29, 1.82) is 0 Å². The minimum absolute atomic E-state index is 0.283. The Kier molecular flexibility index (Phi) is 3.46. The molecule has 0 radical (unpaired) electrons. The highest BCUT2D eigenvalue weighted by Crippen LogP contribution is 2.20. The van der Waals surface area contributed by atoms with E-state index in [1.807, 2.05) is 0 Å². The highest BCUT2D eigenvalue weighted by atomic mass is 35.5. The topological polar surface area (TPSA) is 98.2 Å². The van der Waals surface area contributed by atoms with Gasteiger partial charge in [-0.3, -0.25) is 4.79 Å². The second-order valence-electron chi connectivity index (χ2n) is 3.33. The molecule has 94 valence electrons. The number of rotatable bonds is 2. The fraction of sp³-hybridized carbons (Fsp3) is 0. The second-order valence-corrected chi connectivity index (χ2v) is 4.60. The van der Waals surface area contributed by atoms with Gasteiger partial charge in [0.25, 0.3) is 5.56 Å². The molecule has 2 aromatic rings. The van der Waals surface area contributed by atoms with Crippen LogP contribution in [0.4, 0.5) is 5.69 Å². The van der Waals surface area contributed by atoms with Crippen LogP contribution >= 0.6 is 11.6 Å². The fourth-order valence-corrected chi connectivity index (χ4v) is 2.03. The van der Waals surface area contributed by atoms with E-state index in [4.69, 9.17) is 21.9 Å². The van der Waals surface area contributed by atoms with Gasteiger partial charge in [0, 0.05) is 0 Å². The summed E-state index contributed by atoms with van der Waals surface area (Å²) in [5.41, 5.74) is 4.97. The van der Waals surface area contributed by atoms with Crippen LogP contribution in [-0.4, -0.2) is 18.5 Å². The van der Waals surface area contributed by atoms with Crippen molar-refractivity contribution in [2.45, 2.75) is 5.03 Å². The van der Waals surface area contributed by atoms with Crippen LogP contribution in [0.2, 0.25) is 5.02 Å². The van der Waals surface area contributed by atoms with E-state index in [9.17, 15) is 9.00 Å². The van der Waals surface area contributed by atoms with Crippen molar-refractivity contribution in [1.82, 2.24) is 9.78 Å². The van der Waals surface area contributed by atoms with Crippen molar-refractivity contribution >= 4 is 28.4 Å². The Morgan fingerprint density at radius 2 is 1.94 bits per heavy atom. The Morgan fingerprint density at radius 1 is 1.33 bits per heavy atom. The van der Waals surface area contributed by atoms with Crippen molar-refractivity contribution in [2.24, 2.45) is 0 Å². The first-order valence-corrected chi connectivity index (χ1v) is 6.25. The van der Waals surface area contributed by atoms with Crippen LogP contribution in [0.25, 0.3) is 5.69 Å². The number of hydrogen-bond donors (Lipinski definition) is 2. The van der Waals surface area contributed by atoms with E-state index in [0.717, 1.165) is 4.68 Å². The molecule has 0 saturated carbocycles. The highest BCUT2D eigenvalue weighted by Gasteiger charge is 2.17. The zero-order valence-electron chi connectivity index (χ0n) is 8.91. The Bertz CT molecular complexity index is 672. The van der Waals surface area contributed by atoms with Gasteiger partial charge in [0.2, 0.25) is 11.1 Å². The third-order valence-corrected chi connectivity index (χ3v) is 3.20. The van der Waals surface area contributed by atoms with Gasteiger partial charge >= 0.3 is 0 Å². The molecule has 0 aliphatic carbocycles. The number of aromatic nitrogens is 2. The Balaban J connectivity index is 2.77. The second kappa shape index (κ2) is 4.89. The molecule has 1 aromatic heterocycles. The average Bonchev–Trinajstić information content (AvgIpc) is 2.37. The molecule has 0 aliphatic heterocycles. The Hall–Kier alpha value is -1.70. The molecule has 18 heavy (non-hydrogen) atoms. The number of halogens is 1. The number of hydrogen-bond acceptors (Lipinski definition) is 4. The first kappa shape index (κ1) is 12.7. The molecule has 1 aromatic carbocycles. The summed E-state index contributed by atoms with van der Waals surface area (Å²) in [6.07, 6.45) is 0. The van der Waals surface area contributed by atoms with Crippen LogP contribution in [0.3, 0.4) is 0 Å². The van der Waals surface area contributed by atoms with Crippen molar-refractivity contribution in [3.8, 4) is 5.69 Å². The van der Waals surface area contributed by atoms with Crippen molar-refractivity contribution in [2.75, 3.05) is 5.73 Å². The predicted octanol–water partition coefficient (Wildman–Crippen LogP) is 1.05. The smallest absolute Gasteiger partial charge is 0.292 e. The lowest BCUT2D eigenvalue weighted by atomic mass is 10.3. The lowest BCUT2D eigenvalue weighted by molar-refractivity contribution is 0.555. The van der Waals surface area contributed by atoms with Crippen LogP contribution in [0, 0.1) is 0 Å². The molecule has 1 heterocycles. The van der Waals surface area contributed by atoms with Crippen LogP contribution in [0.1, 0.15) is 0 Å². The summed E-state index contributed by atoms with van der Waals surface area (Å²) >= 11 is 3.31. The van der Waals surface area contributed by atoms with Gasteiger partial charge in [-0.15, -0.1) is 0 Å². The maximum atomic E-state index is 11.9. The van der Waals surface area contributed by atoms with Gasteiger partial charge in [-0.25, -0.2) is 4.21 Å². The number of nitrogens with two attached hydrogens (primary N) is 1. The normalized spacial score (nSPS) is 12.3. The molecule has 6 nitrogen and oxygen atoms in total. The first-order chi connectivity index (χ1) is 8.52. The molecule has 0 amide bonds. The molecule has 0 aliphatic rings.